The lowest BCUT2D eigenvalue weighted by Crippen LogP contribution is -2.26. The van der Waals surface area contributed by atoms with Gasteiger partial charge in [-0.15, -0.1) is 0 Å². The average Bonchev–Trinajstić information content (AvgIpc) is 2.97. The van der Waals surface area contributed by atoms with Gasteiger partial charge in [-0.2, -0.15) is 0 Å². The van der Waals surface area contributed by atoms with Crippen molar-refractivity contribution in [2.75, 3.05) is 12.4 Å². The summed E-state index contributed by atoms with van der Waals surface area (Å²) in [5, 5.41) is 3.88. The van der Waals surface area contributed by atoms with E-state index in [2.05, 4.69) is 10.3 Å². The van der Waals surface area contributed by atoms with E-state index in [0.717, 1.165) is 21.4 Å². The van der Waals surface area contributed by atoms with Gasteiger partial charge in [0.05, 0.1) is 17.1 Å². The van der Waals surface area contributed by atoms with E-state index >= 15 is 0 Å². The van der Waals surface area contributed by atoms with Crippen LogP contribution in [0, 0.1) is 13.8 Å². The molecule has 0 spiro atoms. The lowest BCUT2D eigenvalue weighted by molar-refractivity contribution is -0.137. The van der Waals surface area contributed by atoms with Crippen molar-refractivity contribution in [2.45, 2.75) is 26.2 Å². The van der Waals surface area contributed by atoms with E-state index in [1.165, 1.54) is 7.05 Å². The third-order valence-corrected chi connectivity index (χ3v) is 5.63. The number of benzene rings is 2. The number of likely N-dealkylation sites (tertiary alicyclic amines) is 1. The molecular weight excluding hydrogens is 366 g/mol. The van der Waals surface area contributed by atoms with Gasteiger partial charge >= 0.3 is 0 Å². The molecule has 3 aromatic rings. The van der Waals surface area contributed by atoms with Gasteiger partial charge in [-0.3, -0.25) is 24.3 Å². The highest BCUT2D eigenvalue weighted by molar-refractivity contribution is 6.12. The first-order chi connectivity index (χ1) is 13.9. The van der Waals surface area contributed by atoms with Gasteiger partial charge in [-0.25, -0.2) is 0 Å². The van der Waals surface area contributed by atoms with Crippen molar-refractivity contribution in [3.8, 4) is 0 Å². The van der Waals surface area contributed by atoms with Crippen LogP contribution in [0.25, 0.3) is 10.9 Å². The summed E-state index contributed by atoms with van der Waals surface area (Å²) in [4.78, 5) is 43.5. The number of carbonyl (C=O) groups is 3. The van der Waals surface area contributed by atoms with E-state index < -0.39 is 5.92 Å². The Morgan fingerprint density at radius 1 is 1.10 bits per heavy atom. The average molecular weight is 387 g/mol. The smallest absolute Gasteiger partial charge is 0.256 e. The Balaban J connectivity index is 1.78. The number of amides is 3. The molecule has 6 nitrogen and oxygen atoms in total. The van der Waals surface area contributed by atoms with E-state index in [1.807, 2.05) is 44.2 Å². The summed E-state index contributed by atoms with van der Waals surface area (Å²) in [6.45, 7) is 3.78. The molecule has 0 saturated carbocycles. The van der Waals surface area contributed by atoms with Crippen LogP contribution >= 0.6 is 0 Å². The molecule has 1 aliphatic heterocycles. The summed E-state index contributed by atoms with van der Waals surface area (Å²) in [5.41, 5.74) is 4.07. The minimum Gasteiger partial charge on any atom is -0.320 e. The maximum absolute atomic E-state index is 13.3. The Bertz CT molecular complexity index is 1160. The minimum atomic E-state index is -0.641. The predicted octanol–water partition coefficient (Wildman–Crippen LogP) is 3.58. The van der Waals surface area contributed by atoms with E-state index in [9.17, 15) is 14.4 Å². The number of hydrogen-bond acceptors (Lipinski definition) is 4. The number of para-hydroxylation sites is 1. The van der Waals surface area contributed by atoms with E-state index in [1.54, 1.807) is 18.3 Å². The van der Waals surface area contributed by atoms with Crippen molar-refractivity contribution in [3.63, 3.8) is 0 Å². The summed E-state index contributed by atoms with van der Waals surface area (Å²) in [5.74, 6) is -1.46. The number of fused-ring (bicyclic) bond motifs is 1. The van der Waals surface area contributed by atoms with Gasteiger partial charge in [0, 0.05) is 30.6 Å². The number of hydrogen-bond donors (Lipinski definition) is 1. The lowest BCUT2D eigenvalue weighted by Gasteiger charge is -2.18. The molecule has 6 heteroatoms. The Morgan fingerprint density at radius 3 is 2.59 bits per heavy atom. The highest BCUT2D eigenvalue weighted by Crippen LogP contribution is 2.34. The number of nitrogens with zero attached hydrogens (tertiary/aromatic N) is 2. The molecule has 4 rings (SSSR count). The molecule has 29 heavy (non-hydrogen) atoms. The number of carbonyl (C=O) groups excluding carboxylic acids is 3. The number of aryl methyl sites for hydroxylation is 1. The van der Waals surface area contributed by atoms with E-state index in [4.69, 9.17) is 0 Å². The van der Waals surface area contributed by atoms with Crippen LogP contribution in [-0.2, 0) is 9.59 Å². The molecule has 1 saturated heterocycles. The molecule has 1 aromatic heterocycles. The normalized spacial score (nSPS) is 16.5. The molecule has 1 fully saturated rings. The van der Waals surface area contributed by atoms with Gasteiger partial charge in [0.15, 0.2) is 0 Å². The second-order valence-corrected chi connectivity index (χ2v) is 7.35. The quantitative estimate of drug-likeness (QED) is 0.697. The Morgan fingerprint density at radius 2 is 1.86 bits per heavy atom. The van der Waals surface area contributed by atoms with Crippen molar-refractivity contribution in [1.29, 1.82) is 0 Å². The first-order valence-electron chi connectivity index (χ1n) is 9.44. The maximum atomic E-state index is 13.3. The summed E-state index contributed by atoms with van der Waals surface area (Å²) in [6, 6.07) is 13.0. The van der Waals surface area contributed by atoms with Crippen LogP contribution in [0.1, 0.15) is 39.4 Å². The summed E-state index contributed by atoms with van der Waals surface area (Å²) >= 11 is 0. The molecule has 0 aliphatic carbocycles. The molecule has 3 amide bonds. The topological polar surface area (TPSA) is 79.4 Å². The van der Waals surface area contributed by atoms with Crippen LogP contribution in [0.4, 0.5) is 5.69 Å². The number of imide groups is 1. The molecule has 0 bridgehead atoms. The highest BCUT2D eigenvalue weighted by atomic mass is 16.2. The highest BCUT2D eigenvalue weighted by Gasteiger charge is 2.39. The minimum absolute atomic E-state index is 0.0773. The van der Waals surface area contributed by atoms with Crippen molar-refractivity contribution >= 4 is 34.3 Å². The van der Waals surface area contributed by atoms with Gasteiger partial charge in [0.25, 0.3) is 5.91 Å². The van der Waals surface area contributed by atoms with Crippen LogP contribution in [0.3, 0.4) is 0 Å². The van der Waals surface area contributed by atoms with Crippen LogP contribution in [-0.4, -0.2) is 34.7 Å². The second-order valence-electron chi connectivity index (χ2n) is 7.35. The fourth-order valence-electron chi connectivity index (χ4n) is 3.82. The Labute approximate surface area is 168 Å². The zero-order valence-corrected chi connectivity index (χ0v) is 16.5. The lowest BCUT2D eigenvalue weighted by atomic mass is 9.88. The molecule has 1 unspecified atom stereocenters. The number of rotatable bonds is 3. The molecule has 2 aromatic carbocycles. The third-order valence-electron chi connectivity index (χ3n) is 5.63. The molecule has 0 radical (unpaired) electrons. The molecule has 1 aliphatic rings. The maximum Gasteiger partial charge on any atom is 0.256 e. The number of pyridine rings is 1. The standard InChI is InChI=1S/C23H21N3O3/c1-13-9-10-16(17-12-19(27)26(3)23(17)29)20(14(13)2)22(28)25-18-8-4-6-15-7-5-11-24-21(15)18/h4-11,17H,12H2,1-3H3,(H,25,28). The SMILES string of the molecule is Cc1ccc(C2CC(=O)N(C)C2=O)c(C(=O)Nc2cccc3cccnc23)c1C. The molecule has 2 heterocycles. The number of nitrogens with one attached hydrogen (secondary N) is 1. The van der Waals surface area contributed by atoms with E-state index in [0.29, 0.717) is 22.3 Å². The van der Waals surface area contributed by atoms with Crippen LogP contribution in [0.5, 0.6) is 0 Å². The van der Waals surface area contributed by atoms with Gasteiger partial charge in [0.1, 0.15) is 0 Å². The first-order valence-corrected chi connectivity index (χ1v) is 9.44. The molecule has 1 atom stereocenters. The van der Waals surface area contributed by atoms with Crippen LogP contribution in [0.2, 0.25) is 0 Å². The number of aromatic nitrogens is 1. The summed E-state index contributed by atoms with van der Waals surface area (Å²) in [6.07, 6.45) is 1.76. The monoisotopic (exact) mass is 387 g/mol. The first kappa shape index (κ1) is 18.8. The second kappa shape index (κ2) is 7.13. The Kier molecular flexibility index (Phi) is 4.62. The Hall–Kier alpha value is -3.54. The van der Waals surface area contributed by atoms with Crippen molar-refractivity contribution in [1.82, 2.24) is 9.88 Å². The van der Waals surface area contributed by atoms with Gasteiger partial charge in [0.2, 0.25) is 11.8 Å². The van der Waals surface area contributed by atoms with Gasteiger partial charge in [-0.1, -0.05) is 30.3 Å². The summed E-state index contributed by atoms with van der Waals surface area (Å²) in [7, 11) is 1.48. The molecule has 146 valence electrons. The zero-order valence-electron chi connectivity index (χ0n) is 16.5. The van der Waals surface area contributed by atoms with Gasteiger partial charge < -0.3 is 5.32 Å². The van der Waals surface area contributed by atoms with Crippen molar-refractivity contribution < 1.29 is 14.4 Å². The van der Waals surface area contributed by atoms with E-state index in [-0.39, 0.29) is 24.1 Å². The number of likely N-dealkylation sites (N-methyl/N-ethyl adjacent to an activating group) is 1. The predicted molar refractivity (Wildman–Crippen MR) is 111 cm³/mol. The van der Waals surface area contributed by atoms with Crippen LogP contribution in [0.15, 0.2) is 48.7 Å². The number of anilines is 1. The van der Waals surface area contributed by atoms with Crippen molar-refractivity contribution in [2.24, 2.45) is 0 Å². The van der Waals surface area contributed by atoms with Gasteiger partial charge in [-0.05, 0) is 42.7 Å². The molecular formula is C23H21N3O3. The zero-order chi connectivity index (χ0) is 20.7. The largest absolute Gasteiger partial charge is 0.320 e. The third kappa shape index (κ3) is 3.16. The van der Waals surface area contributed by atoms with Crippen molar-refractivity contribution in [3.05, 3.63) is 70.9 Å². The fourth-order valence-corrected chi connectivity index (χ4v) is 3.82. The summed E-state index contributed by atoms with van der Waals surface area (Å²) < 4.78 is 0. The fraction of sp³-hybridized carbons (Fsp3) is 0.217. The van der Waals surface area contributed by atoms with Crippen LogP contribution < -0.4 is 5.32 Å². The molecule has 1 N–H and O–H groups in total.